The van der Waals surface area contributed by atoms with Gasteiger partial charge >= 0.3 is 7.82 Å². The van der Waals surface area contributed by atoms with Crippen LogP contribution in [0.2, 0.25) is 0 Å². The lowest BCUT2D eigenvalue weighted by atomic mass is 10.1. The highest BCUT2D eigenvalue weighted by Crippen LogP contribution is 2.57. The Morgan fingerprint density at radius 2 is 2.24 bits per heavy atom. The predicted octanol–water partition coefficient (Wildman–Crippen LogP) is 2.77. The van der Waals surface area contributed by atoms with E-state index >= 15 is 0 Å². The molecule has 12 heteroatoms. The molecule has 0 aromatic carbocycles. The van der Waals surface area contributed by atoms with Crippen molar-refractivity contribution in [2.75, 3.05) is 20.3 Å². The number of phosphoric acid groups is 1. The number of carbonyl (C=O) groups is 1. The molecule has 1 aromatic rings. The smallest absolute Gasteiger partial charge is 0.376 e. The number of aromatic nitrogens is 1. The van der Waals surface area contributed by atoms with Gasteiger partial charge in [-0.2, -0.15) is 0 Å². The van der Waals surface area contributed by atoms with E-state index in [1.54, 1.807) is 49.6 Å². The number of hydrogen-bond acceptors (Lipinski definition) is 10. The first-order chi connectivity index (χ1) is 16.2. The SMILES string of the molecule is COC(COP1(=O)OCCC(c2cccnc2)O1)[C@H]1OC(C)(C)O[C@H]1N1C=CCC(C(N)=O)=C1. The summed E-state index contributed by atoms with van der Waals surface area (Å²) in [6.07, 6.45) is 7.06. The molecule has 0 bridgehead atoms. The second kappa shape index (κ2) is 10.2. The van der Waals surface area contributed by atoms with E-state index in [0.717, 1.165) is 5.56 Å². The molecule has 0 saturated carbocycles. The van der Waals surface area contributed by atoms with E-state index in [4.69, 9.17) is 33.5 Å². The number of phosphoric ester groups is 1. The van der Waals surface area contributed by atoms with Gasteiger partial charge in [0, 0.05) is 43.9 Å². The Hall–Kier alpha value is -2.11. The Labute approximate surface area is 198 Å². The minimum absolute atomic E-state index is 0.141. The first kappa shape index (κ1) is 25.0. The molecule has 4 rings (SSSR count). The van der Waals surface area contributed by atoms with Crippen molar-refractivity contribution in [2.45, 2.75) is 57.0 Å². The number of allylic oxidation sites excluding steroid dienone is 1. The Morgan fingerprint density at radius 1 is 1.41 bits per heavy atom. The largest absolute Gasteiger partial charge is 0.475 e. The van der Waals surface area contributed by atoms with Gasteiger partial charge in [0.05, 0.1) is 19.3 Å². The fourth-order valence-corrected chi connectivity index (χ4v) is 5.39. The van der Waals surface area contributed by atoms with Crippen LogP contribution in [0.5, 0.6) is 0 Å². The van der Waals surface area contributed by atoms with Crippen molar-refractivity contribution >= 4 is 13.7 Å². The third-order valence-corrected chi connectivity index (χ3v) is 7.12. The van der Waals surface area contributed by atoms with Crippen LogP contribution in [0.1, 0.15) is 38.4 Å². The van der Waals surface area contributed by atoms with E-state index in [-0.39, 0.29) is 13.2 Å². The molecule has 11 nitrogen and oxygen atoms in total. The zero-order valence-electron chi connectivity index (χ0n) is 19.4. The van der Waals surface area contributed by atoms with Crippen molar-refractivity contribution in [3.63, 3.8) is 0 Å². The van der Waals surface area contributed by atoms with Crippen molar-refractivity contribution in [1.29, 1.82) is 0 Å². The summed E-state index contributed by atoms with van der Waals surface area (Å²) < 4.78 is 47.7. The van der Waals surface area contributed by atoms with Gasteiger partial charge in [0.2, 0.25) is 5.91 Å². The molecule has 0 radical (unpaired) electrons. The van der Waals surface area contributed by atoms with E-state index in [9.17, 15) is 9.36 Å². The van der Waals surface area contributed by atoms with Gasteiger partial charge in [-0.3, -0.25) is 23.3 Å². The molecule has 186 valence electrons. The maximum atomic E-state index is 13.2. The van der Waals surface area contributed by atoms with E-state index < -0.39 is 44.1 Å². The van der Waals surface area contributed by atoms with E-state index in [0.29, 0.717) is 18.4 Å². The van der Waals surface area contributed by atoms with Crippen LogP contribution in [-0.4, -0.2) is 60.3 Å². The molecule has 1 amide bonds. The minimum Gasteiger partial charge on any atom is -0.376 e. The Bertz CT molecular complexity index is 986. The molecule has 0 aliphatic carbocycles. The van der Waals surface area contributed by atoms with Gasteiger partial charge in [-0.15, -0.1) is 0 Å². The lowest BCUT2D eigenvalue weighted by molar-refractivity contribution is -0.163. The fraction of sp³-hybridized carbons (Fsp3) is 0.545. The summed E-state index contributed by atoms with van der Waals surface area (Å²) in [5.74, 6) is -1.45. The molecule has 3 aliphatic heterocycles. The van der Waals surface area contributed by atoms with Crippen molar-refractivity contribution in [1.82, 2.24) is 9.88 Å². The molecule has 4 heterocycles. The third kappa shape index (κ3) is 5.75. The third-order valence-electron chi connectivity index (χ3n) is 5.64. The van der Waals surface area contributed by atoms with Gasteiger partial charge < -0.3 is 24.8 Å². The highest BCUT2D eigenvalue weighted by Gasteiger charge is 2.49. The summed E-state index contributed by atoms with van der Waals surface area (Å²) in [5.41, 5.74) is 6.69. The summed E-state index contributed by atoms with van der Waals surface area (Å²) >= 11 is 0. The quantitative estimate of drug-likeness (QED) is 0.537. The van der Waals surface area contributed by atoms with Crippen LogP contribution >= 0.6 is 7.82 Å². The normalized spacial score (nSPS) is 31.8. The van der Waals surface area contributed by atoms with Crippen molar-refractivity contribution in [3.8, 4) is 0 Å². The molecule has 2 fully saturated rings. The zero-order chi connectivity index (χ0) is 24.3. The van der Waals surface area contributed by atoms with Crippen LogP contribution in [0.4, 0.5) is 0 Å². The number of rotatable bonds is 8. The van der Waals surface area contributed by atoms with Gasteiger partial charge in [0.15, 0.2) is 12.0 Å². The first-order valence-electron chi connectivity index (χ1n) is 11.0. The average molecular weight is 495 g/mol. The van der Waals surface area contributed by atoms with Gasteiger partial charge in [0.25, 0.3) is 0 Å². The Kier molecular flexibility index (Phi) is 7.54. The number of nitrogens with zero attached hydrogens (tertiary/aromatic N) is 2. The van der Waals surface area contributed by atoms with Gasteiger partial charge in [-0.25, -0.2) is 4.57 Å². The Balaban J connectivity index is 1.46. The van der Waals surface area contributed by atoms with Gasteiger partial charge in [-0.05, 0) is 31.9 Å². The Morgan fingerprint density at radius 3 is 2.94 bits per heavy atom. The summed E-state index contributed by atoms with van der Waals surface area (Å²) in [4.78, 5) is 17.5. The van der Waals surface area contributed by atoms with E-state index in [2.05, 4.69) is 4.98 Å². The fourth-order valence-electron chi connectivity index (χ4n) is 4.00. The second-order valence-electron chi connectivity index (χ2n) is 8.56. The molecule has 3 aliphatic rings. The number of hydrogen-bond donors (Lipinski definition) is 1. The number of methoxy groups -OCH3 is 1. The molecular formula is C22H30N3O8P. The van der Waals surface area contributed by atoms with Crippen LogP contribution in [0.3, 0.4) is 0 Å². The molecule has 1 aromatic heterocycles. The van der Waals surface area contributed by atoms with Crippen LogP contribution in [0.15, 0.2) is 48.6 Å². The number of nitrogens with two attached hydrogens (primary N) is 1. The summed E-state index contributed by atoms with van der Waals surface area (Å²) in [6.45, 7) is 3.62. The molecule has 2 saturated heterocycles. The average Bonchev–Trinajstić information content (AvgIpc) is 3.15. The molecule has 3 unspecified atom stereocenters. The summed E-state index contributed by atoms with van der Waals surface area (Å²) in [6, 6.07) is 3.63. The maximum absolute atomic E-state index is 13.2. The minimum atomic E-state index is -3.85. The molecule has 0 spiro atoms. The number of amides is 1. The topological polar surface area (TPSA) is 132 Å². The van der Waals surface area contributed by atoms with Crippen molar-refractivity contribution < 1.29 is 37.1 Å². The molecule has 5 atom stereocenters. The summed E-state index contributed by atoms with van der Waals surface area (Å²) in [5, 5.41) is 0. The van der Waals surface area contributed by atoms with Crippen molar-refractivity contribution in [3.05, 3.63) is 54.1 Å². The molecular weight excluding hydrogens is 465 g/mol. The number of ether oxygens (including phenoxy) is 3. The van der Waals surface area contributed by atoms with Crippen molar-refractivity contribution in [2.24, 2.45) is 5.73 Å². The van der Waals surface area contributed by atoms with Crippen LogP contribution in [0, 0.1) is 0 Å². The second-order valence-corrected chi connectivity index (χ2v) is 10.2. The van der Waals surface area contributed by atoms with Crippen LogP contribution < -0.4 is 5.73 Å². The monoisotopic (exact) mass is 495 g/mol. The lowest BCUT2D eigenvalue weighted by Gasteiger charge is -2.33. The summed E-state index contributed by atoms with van der Waals surface area (Å²) in [7, 11) is -2.36. The van der Waals surface area contributed by atoms with E-state index in [1.165, 1.54) is 7.11 Å². The highest BCUT2D eigenvalue weighted by molar-refractivity contribution is 7.48. The van der Waals surface area contributed by atoms with Gasteiger partial charge in [-0.1, -0.05) is 12.1 Å². The standard InChI is InChI=1S/C22H30N3O8P/c1-22(2)31-19(21(32-22)25-10-5-7-16(13-25)20(23)26)18(28-3)14-30-34(27)29-11-8-17(33-34)15-6-4-9-24-12-15/h4-6,9-10,12-13,17-19,21H,7-8,11,14H2,1-3H3,(H2,23,26)/t17?,18?,19-,21-,34?/m1/s1. The molecule has 34 heavy (non-hydrogen) atoms. The first-order valence-corrected chi connectivity index (χ1v) is 12.5. The predicted molar refractivity (Wildman–Crippen MR) is 120 cm³/mol. The van der Waals surface area contributed by atoms with E-state index in [1.807, 2.05) is 12.1 Å². The number of carbonyl (C=O) groups excluding carboxylic acids is 1. The number of pyridine rings is 1. The zero-order valence-corrected chi connectivity index (χ0v) is 20.3. The van der Waals surface area contributed by atoms with Gasteiger partial charge in [0.1, 0.15) is 12.2 Å². The lowest BCUT2D eigenvalue weighted by Crippen LogP contribution is -2.46. The van der Waals surface area contributed by atoms with Crippen LogP contribution in [-0.2, 0) is 37.1 Å². The molecule has 2 N–H and O–H groups in total. The maximum Gasteiger partial charge on any atom is 0.475 e. The highest BCUT2D eigenvalue weighted by atomic mass is 31.2. The number of primary amides is 1. The van der Waals surface area contributed by atoms with Crippen LogP contribution in [0.25, 0.3) is 0 Å².